The zero-order valence-electron chi connectivity index (χ0n) is 6.32. The van der Waals surface area contributed by atoms with Crippen molar-refractivity contribution in [2.24, 2.45) is 10.2 Å². The van der Waals surface area contributed by atoms with E-state index in [1.165, 1.54) is 4.70 Å². The van der Waals surface area contributed by atoms with Gasteiger partial charge in [-0.15, -0.1) is 5.10 Å². The normalized spacial score (nSPS) is 12.2. The number of nitrogens with one attached hydrogen (secondary N) is 1. The molecular weight excluding hydrogens is 170 g/mol. The van der Waals surface area contributed by atoms with Gasteiger partial charge in [0, 0.05) is 6.72 Å². The van der Waals surface area contributed by atoms with E-state index in [0.717, 1.165) is 10.3 Å². The van der Waals surface area contributed by atoms with Crippen molar-refractivity contribution in [1.82, 2.24) is 4.98 Å². The summed E-state index contributed by atoms with van der Waals surface area (Å²) in [5, 5.41) is 7.28. The van der Waals surface area contributed by atoms with E-state index >= 15 is 0 Å². The summed E-state index contributed by atoms with van der Waals surface area (Å²) in [6.45, 7) is 3.30. The number of benzene rings is 1. The van der Waals surface area contributed by atoms with Crippen molar-refractivity contribution in [2.45, 2.75) is 0 Å². The summed E-state index contributed by atoms with van der Waals surface area (Å²) in [7, 11) is 0. The Labute approximate surface area is 73.1 Å². The molecule has 0 aliphatic carbocycles. The van der Waals surface area contributed by atoms with Gasteiger partial charge in [0.25, 0.3) is 0 Å². The number of para-hydroxylation sites is 1. The second-order valence-corrected chi connectivity index (χ2v) is 3.30. The molecule has 0 fully saturated rings. The minimum Gasteiger partial charge on any atom is -0.329 e. The summed E-state index contributed by atoms with van der Waals surface area (Å²) in [5.74, 6) is 0. The minimum absolute atomic E-state index is 0.784. The van der Waals surface area contributed by atoms with Crippen molar-refractivity contribution in [3.8, 4) is 0 Å². The van der Waals surface area contributed by atoms with Crippen molar-refractivity contribution in [2.75, 3.05) is 0 Å². The number of aromatic nitrogens is 1. The van der Waals surface area contributed by atoms with Gasteiger partial charge in [0.2, 0.25) is 4.80 Å². The molecule has 0 unspecified atom stereocenters. The van der Waals surface area contributed by atoms with Gasteiger partial charge in [0.15, 0.2) is 0 Å². The van der Waals surface area contributed by atoms with Crippen LogP contribution in [0.15, 0.2) is 34.5 Å². The van der Waals surface area contributed by atoms with E-state index in [-0.39, 0.29) is 0 Å². The maximum Gasteiger partial charge on any atom is 0.208 e. The largest absolute Gasteiger partial charge is 0.329 e. The highest BCUT2D eigenvalue weighted by Gasteiger charge is 1.93. The molecule has 1 aromatic heterocycles. The van der Waals surface area contributed by atoms with E-state index in [4.69, 9.17) is 0 Å². The summed E-state index contributed by atoms with van der Waals surface area (Å²) in [5.41, 5.74) is 1.09. The molecule has 4 heteroatoms. The zero-order chi connectivity index (χ0) is 8.39. The fourth-order valence-corrected chi connectivity index (χ4v) is 1.86. The van der Waals surface area contributed by atoms with E-state index in [2.05, 4.69) is 21.9 Å². The summed E-state index contributed by atoms with van der Waals surface area (Å²) >= 11 is 1.57. The highest BCUT2D eigenvalue weighted by atomic mass is 32.1. The van der Waals surface area contributed by atoms with E-state index in [0.29, 0.717) is 0 Å². The standard InChI is InChI=1S/C8H7N3S/c1-9-11-8-10-6-4-2-3-5-7(6)12-8/h2-5H,1H2,(H,10,11). The Hall–Kier alpha value is -1.42. The van der Waals surface area contributed by atoms with Gasteiger partial charge < -0.3 is 4.98 Å². The van der Waals surface area contributed by atoms with Gasteiger partial charge in [-0.2, -0.15) is 5.10 Å². The molecule has 60 valence electrons. The summed E-state index contributed by atoms with van der Waals surface area (Å²) < 4.78 is 1.18. The summed E-state index contributed by atoms with van der Waals surface area (Å²) in [4.78, 5) is 3.90. The maximum absolute atomic E-state index is 3.82. The van der Waals surface area contributed by atoms with Crippen LogP contribution >= 0.6 is 11.3 Å². The molecule has 0 saturated heterocycles. The van der Waals surface area contributed by atoms with Crippen LogP contribution in [0.4, 0.5) is 0 Å². The molecular formula is C8H7N3S. The third-order valence-corrected chi connectivity index (χ3v) is 2.45. The Morgan fingerprint density at radius 2 is 2.17 bits per heavy atom. The lowest BCUT2D eigenvalue weighted by Crippen LogP contribution is -1.93. The smallest absolute Gasteiger partial charge is 0.208 e. The molecule has 0 amide bonds. The first-order valence-corrected chi connectivity index (χ1v) is 4.29. The molecule has 2 aromatic rings. The number of aromatic amines is 1. The average molecular weight is 177 g/mol. The van der Waals surface area contributed by atoms with Crippen LogP contribution in [-0.4, -0.2) is 11.7 Å². The lowest BCUT2D eigenvalue weighted by Gasteiger charge is -1.81. The van der Waals surface area contributed by atoms with Crippen LogP contribution in [0.5, 0.6) is 0 Å². The molecule has 0 aliphatic rings. The molecule has 1 N–H and O–H groups in total. The second kappa shape index (κ2) is 2.91. The first kappa shape index (κ1) is 7.24. The summed E-state index contributed by atoms with van der Waals surface area (Å²) in [6, 6.07) is 8.03. The van der Waals surface area contributed by atoms with Crippen LogP contribution in [0.1, 0.15) is 0 Å². The monoisotopic (exact) mass is 177 g/mol. The Bertz CT molecular complexity index is 430. The van der Waals surface area contributed by atoms with Crippen LogP contribution in [0, 0.1) is 0 Å². The number of thiazole rings is 1. The lowest BCUT2D eigenvalue weighted by molar-refractivity contribution is 1.12. The molecule has 1 heterocycles. The fraction of sp³-hybridized carbons (Fsp3) is 0. The lowest BCUT2D eigenvalue weighted by atomic mass is 10.3. The number of H-pyrrole nitrogens is 1. The Morgan fingerprint density at radius 1 is 1.33 bits per heavy atom. The molecule has 0 aliphatic heterocycles. The highest BCUT2D eigenvalue weighted by Crippen LogP contribution is 2.12. The van der Waals surface area contributed by atoms with Gasteiger partial charge in [-0.25, -0.2) is 0 Å². The molecule has 1 aromatic carbocycles. The molecule has 0 bridgehead atoms. The minimum atomic E-state index is 0.784. The zero-order valence-corrected chi connectivity index (χ0v) is 7.14. The van der Waals surface area contributed by atoms with E-state index in [1.54, 1.807) is 11.3 Å². The first-order valence-electron chi connectivity index (χ1n) is 3.48. The Morgan fingerprint density at radius 3 is 2.92 bits per heavy atom. The average Bonchev–Trinajstić information content (AvgIpc) is 2.47. The number of nitrogens with zero attached hydrogens (tertiary/aromatic N) is 2. The van der Waals surface area contributed by atoms with Crippen molar-refractivity contribution in [3.05, 3.63) is 29.1 Å². The van der Waals surface area contributed by atoms with Crippen molar-refractivity contribution >= 4 is 28.3 Å². The van der Waals surface area contributed by atoms with E-state index in [1.807, 2.05) is 24.3 Å². The van der Waals surface area contributed by atoms with Crippen molar-refractivity contribution in [1.29, 1.82) is 0 Å². The van der Waals surface area contributed by atoms with Gasteiger partial charge in [0.05, 0.1) is 10.2 Å². The van der Waals surface area contributed by atoms with Gasteiger partial charge in [0.1, 0.15) is 0 Å². The maximum atomic E-state index is 3.82. The summed E-state index contributed by atoms with van der Waals surface area (Å²) in [6.07, 6.45) is 0. The molecule has 2 rings (SSSR count). The third-order valence-electron chi connectivity index (χ3n) is 1.50. The highest BCUT2D eigenvalue weighted by molar-refractivity contribution is 7.16. The topological polar surface area (TPSA) is 40.5 Å². The Balaban J connectivity index is 2.78. The molecule has 0 spiro atoms. The molecule has 12 heavy (non-hydrogen) atoms. The molecule has 3 nitrogen and oxygen atoms in total. The quantitative estimate of drug-likeness (QED) is 0.509. The fourth-order valence-electron chi connectivity index (χ4n) is 1.01. The second-order valence-electron chi connectivity index (χ2n) is 2.27. The molecule has 0 saturated carbocycles. The number of hydrogen-bond donors (Lipinski definition) is 1. The number of fused-ring (bicyclic) bond motifs is 1. The van der Waals surface area contributed by atoms with Gasteiger partial charge >= 0.3 is 0 Å². The van der Waals surface area contributed by atoms with Gasteiger partial charge in [-0.3, -0.25) is 0 Å². The van der Waals surface area contributed by atoms with E-state index < -0.39 is 0 Å². The van der Waals surface area contributed by atoms with E-state index in [9.17, 15) is 0 Å². The first-order chi connectivity index (χ1) is 5.90. The Kier molecular flexibility index (Phi) is 1.75. The SMILES string of the molecule is C=NN=c1[nH]c2ccccc2s1. The van der Waals surface area contributed by atoms with Crippen LogP contribution in [0.25, 0.3) is 10.2 Å². The van der Waals surface area contributed by atoms with Crippen LogP contribution in [0.3, 0.4) is 0 Å². The predicted octanol–water partition coefficient (Wildman–Crippen LogP) is 1.75. The van der Waals surface area contributed by atoms with Gasteiger partial charge in [-0.1, -0.05) is 23.5 Å². The predicted molar refractivity (Wildman–Crippen MR) is 51.3 cm³/mol. The van der Waals surface area contributed by atoms with Crippen molar-refractivity contribution < 1.29 is 0 Å². The van der Waals surface area contributed by atoms with Crippen LogP contribution in [-0.2, 0) is 0 Å². The molecule has 0 radical (unpaired) electrons. The van der Waals surface area contributed by atoms with Crippen molar-refractivity contribution in [3.63, 3.8) is 0 Å². The third kappa shape index (κ3) is 1.16. The van der Waals surface area contributed by atoms with Crippen LogP contribution in [0.2, 0.25) is 0 Å². The van der Waals surface area contributed by atoms with Gasteiger partial charge in [-0.05, 0) is 12.1 Å². The number of rotatable bonds is 1. The molecule has 0 atom stereocenters. The number of hydrogen-bond acceptors (Lipinski definition) is 3. The van der Waals surface area contributed by atoms with Crippen LogP contribution < -0.4 is 4.80 Å².